The molecule has 0 spiro atoms. The van der Waals surface area contributed by atoms with Gasteiger partial charge in [0.05, 0.1) is 5.39 Å². The highest BCUT2D eigenvalue weighted by Gasteiger charge is 2.29. The van der Waals surface area contributed by atoms with Crippen molar-refractivity contribution in [3.63, 3.8) is 0 Å². The van der Waals surface area contributed by atoms with Crippen LogP contribution in [0.1, 0.15) is 27.2 Å². The first kappa shape index (κ1) is 25.2. The molecule has 9 nitrogen and oxygen atoms in total. The number of hydrogen-bond donors (Lipinski definition) is 4. The maximum absolute atomic E-state index is 13.2. The molecular weight excluding hydrogens is 476 g/mol. The molecule has 1 aromatic heterocycles. The Morgan fingerprint density at radius 2 is 1.49 bits per heavy atom. The number of carbonyl (C=O) groups is 3. The van der Waals surface area contributed by atoms with Gasteiger partial charge in [-0.25, -0.2) is 0 Å². The van der Waals surface area contributed by atoms with E-state index in [1.165, 1.54) is 6.92 Å². The van der Waals surface area contributed by atoms with Crippen LogP contribution in [-0.4, -0.2) is 33.9 Å². The Bertz CT molecular complexity index is 1530. The van der Waals surface area contributed by atoms with Crippen LogP contribution >= 0.6 is 0 Å². The van der Waals surface area contributed by atoms with E-state index in [0.29, 0.717) is 5.56 Å². The standard InChI is InChI=1S/C28H24N2O7/c1-16-24(33)19-13-21(31)22(32)14-23(19)37-26(16)28(36)30-20(12-17-8-4-2-5-9-17)25(34)27(35)29-15-18-10-6-3-7-11-18/h2-11,13-14,20,31-32H,12,15H2,1H3,(H,29,35)(H,30,36)/t20-/m0/s1. The first-order chi connectivity index (χ1) is 17.7. The van der Waals surface area contributed by atoms with E-state index in [-0.39, 0.29) is 35.3 Å². The lowest BCUT2D eigenvalue weighted by Crippen LogP contribution is -2.48. The summed E-state index contributed by atoms with van der Waals surface area (Å²) >= 11 is 0. The van der Waals surface area contributed by atoms with Crippen molar-refractivity contribution in [2.75, 3.05) is 0 Å². The van der Waals surface area contributed by atoms with E-state index in [0.717, 1.165) is 17.7 Å². The molecule has 0 saturated carbocycles. The highest BCUT2D eigenvalue weighted by molar-refractivity contribution is 6.38. The summed E-state index contributed by atoms with van der Waals surface area (Å²) in [4.78, 5) is 51.8. The summed E-state index contributed by atoms with van der Waals surface area (Å²) in [5.41, 5.74) is 0.731. The van der Waals surface area contributed by atoms with Gasteiger partial charge in [0.25, 0.3) is 11.8 Å². The van der Waals surface area contributed by atoms with Gasteiger partial charge in [-0.15, -0.1) is 0 Å². The molecule has 0 unspecified atom stereocenters. The van der Waals surface area contributed by atoms with Crippen molar-refractivity contribution in [1.29, 1.82) is 0 Å². The molecule has 4 rings (SSSR count). The van der Waals surface area contributed by atoms with Crippen LogP contribution in [0.5, 0.6) is 11.5 Å². The molecule has 0 radical (unpaired) electrons. The van der Waals surface area contributed by atoms with Gasteiger partial charge in [-0.3, -0.25) is 19.2 Å². The van der Waals surface area contributed by atoms with Crippen LogP contribution in [-0.2, 0) is 22.6 Å². The first-order valence-corrected chi connectivity index (χ1v) is 11.4. The van der Waals surface area contributed by atoms with Crippen molar-refractivity contribution < 1.29 is 29.0 Å². The largest absolute Gasteiger partial charge is 0.504 e. The highest BCUT2D eigenvalue weighted by Crippen LogP contribution is 2.29. The number of nitrogens with one attached hydrogen (secondary N) is 2. The number of rotatable bonds is 8. The van der Waals surface area contributed by atoms with Crippen LogP contribution in [0, 0.1) is 6.92 Å². The number of fused-ring (bicyclic) bond motifs is 1. The van der Waals surface area contributed by atoms with Crippen LogP contribution in [0.4, 0.5) is 0 Å². The molecule has 3 aromatic carbocycles. The molecule has 188 valence electrons. The number of Topliss-reactive ketones (excluding diaryl/α,β-unsaturated/α-hetero) is 1. The smallest absolute Gasteiger partial charge is 0.289 e. The topological polar surface area (TPSA) is 146 Å². The third-order valence-electron chi connectivity index (χ3n) is 5.84. The summed E-state index contributed by atoms with van der Waals surface area (Å²) in [5, 5.41) is 24.6. The number of carbonyl (C=O) groups excluding carboxylic acids is 3. The Labute approximate surface area is 211 Å². The zero-order valence-electron chi connectivity index (χ0n) is 19.9. The van der Waals surface area contributed by atoms with Gasteiger partial charge in [-0.05, 0) is 24.1 Å². The quantitative estimate of drug-likeness (QED) is 0.215. The van der Waals surface area contributed by atoms with Crippen LogP contribution in [0.3, 0.4) is 0 Å². The van der Waals surface area contributed by atoms with Crippen molar-refractivity contribution in [1.82, 2.24) is 10.6 Å². The number of benzene rings is 3. The second-order valence-electron chi connectivity index (χ2n) is 8.47. The lowest BCUT2D eigenvalue weighted by atomic mass is 10.0. The zero-order chi connectivity index (χ0) is 26.5. The van der Waals surface area contributed by atoms with Gasteiger partial charge in [0, 0.05) is 24.6 Å². The fourth-order valence-electron chi connectivity index (χ4n) is 3.83. The lowest BCUT2D eigenvalue weighted by Gasteiger charge is -2.18. The molecule has 9 heteroatoms. The number of phenols is 2. The van der Waals surface area contributed by atoms with Gasteiger partial charge >= 0.3 is 0 Å². The molecule has 4 aromatic rings. The molecule has 0 fully saturated rings. The second-order valence-corrected chi connectivity index (χ2v) is 8.47. The monoisotopic (exact) mass is 500 g/mol. The molecule has 1 atom stereocenters. The summed E-state index contributed by atoms with van der Waals surface area (Å²) in [5.74, 6) is -4.03. The predicted octanol–water partition coefficient (Wildman–Crippen LogP) is 2.74. The number of phenolic OH excluding ortho intramolecular Hbond substituents is 2. The van der Waals surface area contributed by atoms with Crippen LogP contribution < -0.4 is 16.1 Å². The van der Waals surface area contributed by atoms with E-state index < -0.39 is 40.6 Å². The van der Waals surface area contributed by atoms with Crippen molar-refractivity contribution >= 4 is 28.6 Å². The Hall–Kier alpha value is -4.92. The molecule has 0 aliphatic heterocycles. The second kappa shape index (κ2) is 10.8. The maximum Gasteiger partial charge on any atom is 0.289 e. The van der Waals surface area contributed by atoms with Gasteiger partial charge in [0.1, 0.15) is 11.6 Å². The Kier molecular flexibility index (Phi) is 7.34. The molecule has 2 amide bonds. The van der Waals surface area contributed by atoms with Crippen molar-refractivity contribution in [2.24, 2.45) is 0 Å². The summed E-state index contributed by atoms with van der Waals surface area (Å²) in [7, 11) is 0. The number of amides is 2. The molecule has 1 heterocycles. The van der Waals surface area contributed by atoms with Crippen molar-refractivity contribution in [2.45, 2.75) is 25.9 Å². The normalized spacial score (nSPS) is 11.6. The predicted molar refractivity (Wildman–Crippen MR) is 135 cm³/mol. The summed E-state index contributed by atoms with van der Waals surface area (Å²) < 4.78 is 5.57. The number of ketones is 1. The minimum absolute atomic E-state index is 0.0235. The van der Waals surface area contributed by atoms with Gasteiger partial charge in [-0.2, -0.15) is 0 Å². The minimum atomic E-state index is -1.25. The molecule has 37 heavy (non-hydrogen) atoms. The summed E-state index contributed by atoms with van der Waals surface area (Å²) in [6, 6.07) is 18.7. The van der Waals surface area contributed by atoms with E-state index >= 15 is 0 Å². The van der Waals surface area contributed by atoms with E-state index in [2.05, 4.69) is 10.6 Å². The summed E-state index contributed by atoms with van der Waals surface area (Å²) in [6.07, 6.45) is 0.0235. The molecule has 4 N–H and O–H groups in total. The van der Waals surface area contributed by atoms with E-state index in [1.807, 2.05) is 18.2 Å². The van der Waals surface area contributed by atoms with E-state index in [4.69, 9.17) is 4.42 Å². The Morgan fingerprint density at radius 3 is 2.14 bits per heavy atom. The summed E-state index contributed by atoms with van der Waals surface area (Å²) in [6.45, 7) is 1.50. The molecular formula is C28H24N2O7. The van der Waals surface area contributed by atoms with Gasteiger partial charge in [0.15, 0.2) is 22.7 Å². The average molecular weight is 501 g/mol. The molecule has 0 saturated heterocycles. The average Bonchev–Trinajstić information content (AvgIpc) is 2.91. The van der Waals surface area contributed by atoms with E-state index in [9.17, 15) is 29.4 Å². The Morgan fingerprint density at radius 1 is 0.892 bits per heavy atom. The molecule has 0 aliphatic rings. The fraction of sp³-hybridized carbons (Fsp3) is 0.143. The van der Waals surface area contributed by atoms with Crippen molar-refractivity contribution in [3.8, 4) is 11.5 Å². The molecule has 0 aliphatic carbocycles. The Balaban J connectivity index is 1.61. The maximum atomic E-state index is 13.2. The van der Waals surface area contributed by atoms with Crippen molar-refractivity contribution in [3.05, 3.63) is 105 Å². The fourth-order valence-corrected chi connectivity index (χ4v) is 3.83. The third kappa shape index (κ3) is 5.67. The van der Waals surface area contributed by atoms with Gasteiger partial charge < -0.3 is 25.3 Å². The van der Waals surface area contributed by atoms with E-state index in [1.54, 1.807) is 42.5 Å². The SMILES string of the molecule is Cc1c(C(=O)N[C@@H](Cc2ccccc2)C(=O)C(=O)NCc2ccccc2)oc2cc(O)c(O)cc2c1=O. The van der Waals surface area contributed by atoms with Crippen LogP contribution in [0.25, 0.3) is 11.0 Å². The third-order valence-corrected chi connectivity index (χ3v) is 5.84. The highest BCUT2D eigenvalue weighted by atomic mass is 16.3. The van der Waals surface area contributed by atoms with Gasteiger partial charge in [-0.1, -0.05) is 60.7 Å². The first-order valence-electron chi connectivity index (χ1n) is 11.4. The van der Waals surface area contributed by atoms with Gasteiger partial charge in [0.2, 0.25) is 5.78 Å². The minimum Gasteiger partial charge on any atom is -0.504 e. The molecule has 0 bridgehead atoms. The zero-order valence-corrected chi connectivity index (χ0v) is 19.9. The van der Waals surface area contributed by atoms with Crippen LogP contribution in [0.2, 0.25) is 0 Å². The number of aromatic hydroxyl groups is 2. The lowest BCUT2D eigenvalue weighted by molar-refractivity contribution is -0.139. The number of hydrogen-bond acceptors (Lipinski definition) is 7. The van der Waals surface area contributed by atoms with Crippen LogP contribution in [0.15, 0.2) is 82.0 Å².